The molecule has 0 bridgehead atoms. The van der Waals surface area contributed by atoms with E-state index < -0.39 is 10.0 Å². The molecule has 1 N–H and O–H groups in total. The van der Waals surface area contributed by atoms with Gasteiger partial charge in [-0.05, 0) is 50.2 Å². The average Bonchev–Trinajstić information content (AvgIpc) is 3.05. The molecule has 7 heteroatoms. The Balaban J connectivity index is 1.80. The van der Waals surface area contributed by atoms with E-state index in [0.717, 1.165) is 22.9 Å². The van der Waals surface area contributed by atoms with Crippen LogP contribution in [0, 0.1) is 6.92 Å². The van der Waals surface area contributed by atoms with Crippen LogP contribution < -0.4 is 9.62 Å². The maximum absolute atomic E-state index is 12.4. The number of hydrogen-bond donors (Lipinski definition) is 1. The Morgan fingerprint density at radius 3 is 2.40 bits per heavy atom. The third-order valence-corrected chi connectivity index (χ3v) is 6.52. The number of para-hydroxylation sites is 1. The van der Waals surface area contributed by atoms with Gasteiger partial charge < -0.3 is 4.90 Å². The van der Waals surface area contributed by atoms with Crippen molar-refractivity contribution < 1.29 is 8.42 Å². The number of hydrogen-bond acceptors (Lipinski definition) is 5. The van der Waals surface area contributed by atoms with Gasteiger partial charge in [-0.25, -0.2) is 13.4 Å². The molecule has 0 amide bonds. The van der Waals surface area contributed by atoms with Crippen LogP contribution in [0.1, 0.15) is 11.8 Å². The number of aryl methyl sites for hydroxylation is 1. The second-order valence-corrected chi connectivity index (χ2v) is 8.65. The van der Waals surface area contributed by atoms with Crippen LogP contribution in [0.4, 0.5) is 17.2 Å². The predicted octanol–water partition coefficient (Wildman–Crippen LogP) is 4.41. The number of pyridine rings is 1. The van der Waals surface area contributed by atoms with Gasteiger partial charge in [-0.1, -0.05) is 18.2 Å². The zero-order valence-corrected chi connectivity index (χ0v) is 15.6. The van der Waals surface area contributed by atoms with Crippen molar-refractivity contribution in [2.45, 2.75) is 18.1 Å². The van der Waals surface area contributed by atoms with Crippen LogP contribution in [0.15, 0.2) is 65.0 Å². The Morgan fingerprint density at radius 2 is 1.84 bits per heavy atom. The highest BCUT2D eigenvalue weighted by molar-refractivity contribution is 7.94. The predicted molar refractivity (Wildman–Crippen MR) is 103 cm³/mol. The minimum Gasteiger partial charge on any atom is -0.327 e. The Labute approximate surface area is 152 Å². The third kappa shape index (κ3) is 4.00. The standard InChI is InChI=1S/C18H19N3O2S2/c1-3-21(16-7-5-4-6-8-16)17-11-10-15(13-19-17)20-25(22,23)18-12-9-14(2)24-18/h4-13,20H,3H2,1-2H3. The molecule has 0 aliphatic rings. The normalized spacial score (nSPS) is 11.3. The lowest BCUT2D eigenvalue weighted by Crippen LogP contribution is -2.17. The van der Waals surface area contributed by atoms with Gasteiger partial charge in [0.25, 0.3) is 10.0 Å². The van der Waals surface area contributed by atoms with E-state index >= 15 is 0 Å². The van der Waals surface area contributed by atoms with Gasteiger partial charge in [0.2, 0.25) is 0 Å². The largest absolute Gasteiger partial charge is 0.327 e. The molecule has 1 aromatic carbocycles. The molecule has 2 aromatic heterocycles. The first-order valence-electron chi connectivity index (χ1n) is 7.87. The van der Waals surface area contributed by atoms with Gasteiger partial charge in [-0.15, -0.1) is 11.3 Å². The Bertz CT molecular complexity index is 936. The van der Waals surface area contributed by atoms with Gasteiger partial charge in [-0.2, -0.15) is 0 Å². The molecule has 0 unspecified atom stereocenters. The van der Waals surface area contributed by atoms with Crippen molar-refractivity contribution in [3.8, 4) is 0 Å². The van der Waals surface area contributed by atoms with Crippen LogP contribution in [-0.2, 0) is 10.0 Å². The minimum atomic E-state index is -3.57. The van der Waals surface area contributed by atoms with Crippen LogP contribution in [-0.4, -0.2) is 19.9 Å². The summed E-state index contributed by atoms with van der Waals surface area (Å²) >= 11 is 1.24. The fourth-order valence-corrected chi connectivity index (χ4v) is 4.78. The zero-order chi connectivity index (χ0) is 17.9. The fourth-order valence-electron chi connectivity index (χ4n) is 2.45. The number of rotatable bonds is 6. The topological polar surface area (TPSA) is 62.3 Å². The molecule has 0 atom stereocenters. The summed E-state index contributed by atoms with van der Waals surface area (Å²) in [6.07, 6.45) is 1.54. The minimum absolute atomic E-state index is 0.300. The fraction of sp³-hybridized carbons (Fsp3) is 0.167. The summed E-state index contributed by atoms with van der Waals surface area (Å²) in [7, 11) is -3.57. The molecule has 0 spiro atoms. The monoisotopic (exact) mass is 373 g/mol. The zero-order valence-electron chi connectivity index (χ0n) is 14.0. The van der Waals surface area contributed by atoms with Crippen molar-refractivity contribution in [3.63, 3.8) is 0 Å². The number of nitrogens with one attached hydrogen (secondary N) is 1. The first-order valence-corrected chi connectivity index (χ1v) is 10.2. The van der Waals surface area contributed by atoms with Crippen molar-refractivity contribution in [2.24, 2.45) is 0 Å². The van der Waals surface area contributed by atoms with E-state index in [1.54, 1.807) is 24.4 Å². The van der Waals surface area contributed by atoms with E-state index in [0.29, 0.717) is 9.90 Å². The molecule has 0 aliphatic heterocycles. The van der Waals surface area contributed by atoms with E-state index in [-0.39, 0.29) is 0 Å². The number of anilines is 3. The summed E-state index contributed by atoms with van der Waals surface area (Å²) in [6.45, 7) is 4.68. The highest BCUT2D eigenvalue weighted by atomic mass is 32.2. The van der Waals surface area contributed by atoms with Crippen molar-refractivity contribution in [1.29, 1.82) is 0 Å². The lowest BCUT2D eigenvalue weighted by molar-refractivity contribution is 0.603. The van der Waals surface area contributed by atoms with E-state index in [4.69, 9.17) is 0 Å². The molecular weight excluding hydrogens is 354 g/mol. The molecule has 0 saturated heterocycles. The molecule has 0 radical (unpaired) electrons. The van der Waals surface area contributed by atoms with Gasteiger partial charge in [0.15, 0.2) is 0 Å². The summed E-state index contributed by atoms with van der Waals surface area (Å²) in [5.41, 5.74) is 1.49. The third-order valence-electron chi connectivity index (χ3n) is 3.64. The summed E-state index contributed by atoms with van der Waals surface area (Å²) < 4.78 is 27.6. The molecule has 0 fully saturated rings. The lowest BCUT2D eigenvalue weighted by Gasteiger charge is -2.22. The Hall–Kier alpha value is -2.38. The number of benzene rings is 1. The van der Waals surface area contributed by atoms with E-state index in [9.17, 15) is 8.42 Å². The van der Waals surface area contributed by atoms with Gasteiger partial charge in [0.05, 0.1) is 11.9 Å². The molecule has 2 heterocycles. The quantitative estimate of drug-likeness (QED) is 0.695. The van der Waals surface area contributed by atoms with Crippen molar-refractivity contribution >= 4 is 38.6 Å². The van der Waals surface area contributed by atoms with Gasteiger partial charge in [0.1, 0.15) is 10.0 Å². The Kier molecular flexibility index (Phi) is 5.06. The molecule has 5 nitrogen and oxygen atoms in total. The summed E-state index contributed by atoms with van der Waals surface area (Å²) in [5, 5.41) is 0. The molecule has 3 aromatic rings. The number of nitrogens with zero attached hydrogens (tertiary/aromatic N) is 2. The lowest BCUT2D eigenvalue weighted by atomic mass is 10.3. The van der Waals surface area contributed by atoms with E-state index in [2.05, 4.69) is 14.6 Å². The first-order chi connectivity index (χ1) is 12.0. The molecular formula is C18H19N3O2S2. The number of sulfonamides is 1. The molecule has 25 heavy (non-hydrogen) atoms. The Morgan fingerprint density at radius 1 is 1.08 bits per heavy atom. The van der Waals surface area contributed by atoms with Gasteiger partial charge in [0, 0.05) is 17.1 Å². The van der Waals surface area contributed by atoms with Crippen LogP contribution in [0.3, 0.4) is 0 Å². The van der Waals surface area contributed by atoms with Crippen molar-refractivity contribution in [1.82, 2.24) is 4.98 Å². The average molecular weight is 374 g/mol. The first kappa shape index (κ1) is 17.4. The van der Waals surface area contributed by atoms with Gasteiger partial charge in [-0.3, -0.25) is 4.72 Å². The summed E-state index contributed by atoms with van der Waals surface area (Å²) in [4.78, 5) is 7.42. The van der Waals surface area contributed by atoms with E-state index in [1.165, 1.54) is 11.3 Å². The molecule has 0 aliphatic carbocycles. The van der Waals surface area contributed by atoms with Crippen molar-refractivity contribution in [2.75, 3.05) is 16.2 Å². The smallest absolute Gasteiger partial charge is 0.271 e. The summed E-state index contributed by atoms with van der Waals surface area (Å²) in [5.74, 6) is 0.767. The van der Waals surface area contributed by atoms with Crippen molar-refractivity contribution in [3.05, 3.63) is 65.7 Å². The number of thiophene rings is 1. The second kappa shape index (κ2) is 7.25. The molecule has 0 saturated carbocycles. The highest BCUT2D eigenvalue weighted by Gasteiger charge is 2.17. The maximum Gasteiger partial charge on any atom is 0.271 e. The SMILES string of the molecule is CCN(c1ccccc1)c1ccc(NS(=O)(=O)c2ccc(C)s2)cn1. The second-order valence-electron chi connectivity index (χ2n) is 5.46. The van der Waals surface area contributed by atoms with Crippen LogP contribution in [0.25, 0.3) is 0 Å². The van der Waals surface area contributed by atoms with Crippen LogP contribution in [0.5, 0.6) is 0 Å². The molecule has 130 valence electrons. The summed E-state index contributed by atoms with van der Waals surface area (Å²) in [6, 6.07) is 16.9. The van der Waals surface area contributed by atoms with Gasteiger partial charge >= 0.3 is 0 Å². The molecule has 3 rings (SSSR count). The number of aromatic nitrogens is 1. The maximum atomic E-state index is 12.4. The highest BCUT2D eigenvalue weighted by Crippen LogP contribution is 2.26. The van der Waals surface area contributed by atoms with E-state index in [1.807, 2.05) is 50.2 Å². The van der Waals surface area contributed by atoms with Crippen LogP contribution >= 0.6 is 11.3 Å². The van der Waals surface area contributed by atoms with Crippen LogP contribution in [0.2, 0.25) is 0 Å².